The van der Waals surface area contributed by atoms with Gasteiger partial charge in [0.15, 0.2) is 0 Å². The van der Waals surface area contributed by atoms with Crippen molar-refractivity contribution in [3.05, 3.63) is 34.1 Å². The fourth-order valence-electron chi connectivity index (χ4n) is 1.21. The van der Waals surface area contributed by atoms with Crippen molar-refractivity contribution in [2.75, 3.05) is 6.61 Å². The van der Waals surface area contributed by atoms with Crippen molar-refractivity contribution in [3.63, 3.8) is 0 Å². The summed E-state index contributed by atoms with van der Waals surface area (Å²) in [6.45, 7) is 1.68. The molecule has 0 spiro atoms. The Balaban J connectivity index is 2.80. The van der Waals surface area contributed by atoms with Crippen LogP contribution in [0.4, 0.5) is 4.39 Å². The lowest BCUT2D eigenvalue weighted by Crippen LogP contribution is -2.37. The highest BCUT2D eigenvalue weighted by molar-refractivity contribution is 9.10. The van der Waals surface area contributed by atoms with Crippen LogP contribution >= 0.6 is 15.9 Å². The molecule has 0 unspecified atom stereocenters. The van der Waals surface area contributed by atoms with Gasteiger partial charge in [-0.3, -0.25) is 4.79 Å². The molecular formula is C11H13BrFNO2. The predicted molar refractivity (Wildman–Crippen MR) is 62.7 cm³/mol. The Kier molecular flexibility index (Phi) is 4.89. The van der Waals surface area contributed by atoms with E-state index >= 15 is 0 Å². The van der Waals surface area contributed by atoms with Gasteiger partial charge in [-0.05, 0) is 24.6 Å². The normalized spacial score (nSPS) is 12.2. The van der Waals surface area contributed by atoms with Crippen LogP contribution < -0.4 is 5.32 Å². The minimum atomic E-state index is -0.584. The average Bonchev–Trinajstić information content (AvgIpc) is 2.25. The molecule has 88 valence electrons. The Labute approximate surface area is 102 Å². The van der Waals surface area contributed by atoms with E-state index in [2.05, 4.69) is 21.2 Å². The van der Waals surface area contributed by atoms with E-state index in [1.54, 1.807) is 6.07 Å². The average molecular weight is 290 g/mol. The zero-order valence-electron chi connectivity index (χ0n) is 8.84. The van der Waals surface area contributed by atoms with E-state index < -0.39 is 11.7 Å². The molecule has 0 bridgehead atoms. The van der Waals surface area contributed by atoms with Gasteiger partial charge in [0, 0.05) is 4.47 Å². The number of aliphatic hydroxyl groups excluding tert-OH is 1. The smallest absolute Gasteiger partial charge is 0.254 e. The second kappa shape index (κ2) is 5.96. The first-order valence-electron chi connectivity index (χ1n) is 4.95. The number of carbonyl (C=O) groups excluding carboxylic acids is 1. The largest absolute Gasteiger partial charge is 0.394 e. The summed E-state index contributed by atoms with van der Waals surface area (Å²) in [4.78, 5) is 11.6. The van der Waals surface area contributed by atoms with Gasteiger partial charge in [-0.25, -0.2) is 4.39 Å². The molecule has 0 aliphatic rings. The monoisotopic (exact) mass is 289 g/mol. The zero-order chi connectivity index (χ0) is 12.1. The topological polar surface area (TPSA) is 49.3 Å². The SMILES string of the molecule is CC[C@@H](CO)NC(=O)c1ccc(Br)cc1F. The molecule has 16 heavy (non-hydrogen) atoms. The van der Waals surface area contributed by atoms with Crippen molar-refractivity contribution < 1.29 is 14.3 Å². The highest BCUT2D eigenvalue weighted by Gasteiger charge is 2.15. The van der Waals surface area contributed by atoms with E-state index in [9.17, 15) is 9.18 Å². The van der Waals surface area contributed by atoms with Crippen LogP contribution in [-0.4, -0.2) is 23.7 Å². The molecule has 1 atom stereocenters. The highest BCUT2D eigenvalue weighted by atomic mass is 79.9. The summed E-state index contributed by atoms with van der Waals surface area (Å²) in [6.07, 6.45) is 0.598. The molecule has 0 aromatic heterocycles. The molecule has 0 radical (unpaired) electrons. The summed E-state index contributed by atoms with van der Waals surface area (Å²) in [7, 11) is 0. The summed E-state index contributed by atoms with van der Waals surface area (Å²) < 4.78 is 14.0. The number of carbonyl (C=O) groups is 1. The summed E-state index contributed by atoms with van der Waals surface area (Å²) in [6, 6.07) is 3.89. The second-order valence-electron chi connectivity index (χ2n) is 3.39. The van der Waals surface area contributed by atoms with Gasteiger partial charge in [-0.15, -0.1) is 0 Å². The summed E-state index contributed by atoms with van der Waals surface area (Å²) in [5.74, 6) is -1.09. The minimum absolute atomic E-state index is 0.0184. The van der Waals surface area contributed by atoms with Gasteiger partial charge in [0.25, 0.3) is 5.91 Å². The lowest BCUT2D eigenvalue weighted by Gasteiger charge is -2.14. The van der Waals surface area contributed by atoms with Gasteiger partial charge in [0.1, 0.15) is 5.82 Å². The van der Waals surface area contributed by atoms with Crippen LogP contribution in [0.3, 0.4) is 0 Å². The Morgan fingerprint density at radius 2 is 2.31 bits per heavy atom. The predicted octanol–water partition coefficient (Wildman–Crippen LogP) is 2.09. The van der Waals surface area contributed by atoms with Crippen molar-refractivity contribution in [2.45, 2.75) is 19.4 Å². The van der Waals surface area contributed by atoms with Crippen molar-refractivity contribution in [1.29, 1.82) is 0 Å². The van der Waals surface area contributed by atoms with Gasteiger partial charge >= 0.3 is 0 Å². The van der Waals surface area contributed by atoms with Gasteiger partial charge in [-0.1, -0.05) is 22.9 Å². The number of rotatable bonds is 4. The molecule has 2 N–H and O–H groups in total. The molecular weight excluding hydrogens is 277 g/mol. The highest BCUT2D eigenvalue weighted by Crippen LogP contribution is 2.15. The maximum Gasteiger partial charge on any atom is 0.254 e. The number of benzene rings is 1. The lowest BCUT2D eigenvalue weighted by molar-refractivity contribution is 0.0911. The molecule has 3 nitrogen and oxygen atoms in total. The molecule has 0 fully saturated rings. The van der Waals surface area contributed by atoms with Gasteiger partial charge < -0.3 is 10.4 Å². The van der Waals surface area contributed by atoms with E-state index in [4.69, 9.17) is 5.11 Å². The summed E-state index contributed by atoms with van der Waals surface area (Å²) >= 11 is 3.11. The van der Waals surface area contributed by atoms with Crippen LogP contribution in [-0.2, 0) is 0 Å². The molecule has 1 amide bonds. The maximum absolute atomic E-state index is 13.4. The first-order valence-corrected chi connectivity index (χ1v) is 5.74. The number of halogens is 2. The van der Waals surface area contributed by atoms with Crippen LogP contribution in [0.5, 0.6) is 0 Å². The van der Waals surface area contributed by atoms with Crippen LogP contribution in [0, 0.1) is 5.82 Å². The van der Waals surface area contributed by atoms with Crippen molar-refractivity contribution in [2.24, 2.45) is 0 Å². The third kappa shape index (κ3) is 3.28. The third-order valence-electron chi connectivity index (χ3n) is 2.22. The molecule has 0 aliphatic carbocycles. The lowest BCUT2D eigenvalue weighted by atomic mass is 10.1. The quantitative estimate of drug-likeness (QED) is 0.892. The first-order chi connectivity index (χ1) is 7.58. The molecule has 0 saturated heterocycles. The van der Waals surface area contributed by atoms with E-state index in [1.807, 2.05) is 6.92 Å². The molecule has 0 saturated carbocycles. The number of nitrogens with one attached hydrogen (secondary N) is 1. The fourth-order valence-corrected chi connectivity index (χ4v) is 1.55. The number of amides is 1. The number of hydrogen-bond donors (Lipinski definition) is 2. The van der Waals surface area contributed by atoms with Crippen LogP contribution in [0.15, 0.2) is 22.7 Å². The molecule has 0 heterocycles. The number of hydrogen-bond acceptors (Lipinski definition) is 2. The van der Waals surface area contributed by atoms with Crippen LogP contribution in [0.2, 0.25) is 0 Å². The Morgan fingerprint density at radius 1 is 1.62 bits per heavy atom. The Bertz CT molecular complexity index is 380. The molecule has 1 rings (SSSR count). The molecule has 1 aromatic carbocycles. The molecule has 0 aliphatic heterocycles. The first kappa shape index (κ1) is 13.1. The van der Waals surface area contributed by atoms with Crippen LogP contribution in [0.25, 0.3) is 0 Å². The van der Waals surface area contributed by atoms with Gasteiger partial charge in [0.2, 0.25) is 0 Å². The van der Waals surface area contributed by atoms with E-state index in [0.29, 0.717) is 10.9 Å². The fraction of sp³-hybridized carbons (Fsp3) is 0.364. The van der Waals surface area contributed by atoms with E-state index in [1.165, 1.54) is 12.1 Å². The standard InChI is InChI=1S/C11H13BrFNO2/c1-2-8(6-15)14-11(16)9-4-3-7(12)5-10(9)13/h3-5,8,15H,2,6H2,1H3,(H,14,16)/t8-/m0/s1. The summed E-state index contributed by atoms with van der Waals surface area (Å²) in [5.41, 5.74) is -0.0184. The van der Waals surface area contributed by atoms with Crippen LogP contribution in [0.1, 0.15) is 23.7 Å². The van der Waals surface area contributed by atoms with Crippen molar-refractivity contribution >= 4 is 21.8 Å². The van der Waals surface area contributed by atoms with Crippen molar-refractivity contribution in [3.8, 4) is 0 Å². The van der Waals surface area contributed by atoms with Gasteiger partial charge in [-0.2, -0.15) is 0 Å². The zero-order valence-corrected chi connectivity index (χ0v) is 10.4. The van der Waals surface area contributed by atoms with E-state index in [0.717, 1.165) is 0 Å². The Hall–Kier alpha value is -0.940. The molecule has 1 aromatic rings. The maximum atomic E-state index is 13.4. The third-order valence-corrected chi connectivity index (χ3v) is 2.72. The molecule has 5 heteroatoms. The van der Waals surface area contributed by atoms with Crippen molar-refractivity contribution in [1.82, 2.24) is 5.32 Å². The number of aliphatic hydroxyl groups is 1. The van der Waals surface area contributed by atoms with Gasteiger partial charge in [0.05, 0.1) is 18.2 Å². The summed E-state index contributed by atoms with van der Waals surface area (Å²) in [5, 5.41) is 11.5. The Morgan fingerprint density at radius 3 is 2.81 bits per heavy atom. The van der Waals surface area contributed by atoms with E-state index in [-0.39, 0.29) is 18.2 Å². The minimum Gasteiger partial charge on any atom is -0.394 e. The second-order valence-corrected chi connectivity index (χ2v) is 4.30.